The van der Waals surface area contributed by atoms with Crippen LogP contribution in [0.4, 0.5) is 4.79 Å². The van der Waals surface area contributed by atoms with Crippen molar-refractivity contribution in [3.8, 4) is 11.5 Å². The molecule has 8 nitrogen and oxygen atoms in total. The van der Waals surface area contributed by atoms with E-state index in [1.807, 2.05) is 42.5 Å². The second kappa shape index (κ2) is 9.59. The van der Waals surface area contributed by atoms with Gasteiger partial charge in [0.15, 0.2) is 0 Å². The molecule has 2 aromatic rings. The highest BCUT2D eigenvalue weighted by atomic mass is 35.5. The number of benzene rings is 2. The zero-order chi connectivity index (χ0) is 22.8. The zero-order valence-electron chi connectivity index (χ0n) is 18.1. The van der Waals surface area contributed by atoms with Gasteiger partial charge in [0.05, 0.1) is 37.9 Å². The van der Waals surface area contributed by atoms with Gasteiger partial charge in [-0.25, -0.2) is 4.79 Å². The van der Waals surface area contributed by atoms with Crippen molar-refractivity contribution in [2.45, 2.75) is 31.3 Å². The molecule has 0 aromatic heterocycles. The van der Waals surface area contributed by atoms with E-state index >= 15 is 0 Å². The number of hydrogen-bond donors (Lipinski definition) is 1. The Morgan fingerprint density at radius 2 is 1.94 bits per heavy atom. The number of halogens is 1. The van der Waals surface area contributed by atoms with Crippen LogP contribution in [0.25, 0.3) is 0 Å². The predicted octanol–water partition coefficient (Wildman–Crippen LogP) is 3.04. The van der Waals surface area contributed by atoms with Crippen LogP contribution in [0.3, 0.4) is 0 Å². The van der Waals surface area contributed by atoms with Crippen molar-refractivity contribution in [3.05, 3.63) is 59.1 Å². The third kappa shape index (κ3) is 5.08. The molecule has 0 unspecified atom stereocenters. The summed E-state index contributed by atoms with van der Waals surface area (Å²) in [6.07, 6.45) is 0.681. The Balaban J connectivity index is 1.12. The predicted molar refractivity (Wildman–Crippen MR) is 121 cm³/mol. The van der Waals surface area contributed by atoms with Crippen molar-refractivity contribution in [2.24, 2.45) is 0 Å². The van der Waals surface area contributed by atoms with Crippen LogP contribution in [0.2, 0.25) is 5.02 Å². The van der Waals surface area contributed by atoms with Crippen molar-refractivity contribution in [3.63, 3.8) is 0 Å². The molecule has 9 heteroatoms. The number of hydrogen-bond acceptors (Lipinski definition) is 5. The monoisotopic (exact) mass is 471 g/mol. The Morgan fingerprint density at radius 3 is 2.76 bits per heavy atom. The largest absolute Gasteiger partial charge is 0.457 e. The second-order valence-electron chi connectivity index (χ2n) is 8.55. The summed E-state index contributed by atoms with van der Waals surface area (Å²) in [7, 11) is 0. The van der Waals surface area contributed by atoms with E-state index in [1.165, 1.54) is 0 Å². The highest BCUT2D eigenvalue weighted by Gasteiger charge is 2.40. The summed E-state index contributed by atoms with van der Waals surface area (Å²) in [5, 5.41) is 3.52. The molecule has 3 aliphatic rings. The van der Waals surface area contributed by atoms with Gasteiger partial charge in [0.1, 0.15) is 18.1 Å². The SMILES string of the molecule is O=C1CO[C@H]2CCN(C(=O)N3CC(OCc4ccc(Cl)cc4Oc4ccccc4)C3)C[C@H]2N1. The summed E-state index contributed by atoms with van der Waals surface area (Å²) in [6.45, 7) is 2.64. The van der Waals surface area contributed by atoms with Gasteiger partial charge in [-0.05, 0) is 30.7 Å². The molecule has 0 aliphatic carbocycles. The lowest BCUT2D eigenvalue weighted by Crippen LogP contribution is -2.65. The number of ether oxygens (including phenoxy) is 3. The first-order valence-electron chi connectivity index (χ1n) is 11.1. The molecule has 174 valence electrons. The standard InChI is InChI=1S/C24H26ClN3O5/c25-17-7-6-16(22(10-17)33-18-4-2-1-3-5-18)14-31-19-11-28(12-19)24(30)27-9-8-21-20(13-27)26-23(29)15-32-21/h1-7,10,19-21H,8-9,11-15H2,(H,26,29)/t20-,21+/m1/s1. The van der Waals surface area contributed by atoms with Crippen molar-refractivity contribution < 1.29 is 23.8 Å². The molecule has 5 rings (SSSR count). The first kappa shape index (κ1) is 22.0. The number of amides is 3. The van der Waals surface area contributed by atoms with Gasteiger partial charge < -0.3 is 29.3 Å². The van der Waals surface area contributed by atoms with Crippen LogP contribution in [0.1, 0.15) is 12.0 Å². The first-order valence-corrected chi connectivity index (χ1v) is 11.5. The fraction of sp³-hybridized carbons (Fsp3) is 0.417. The Hall–Kier alpha value is -2.81. The van der Waals surface area contributed by atoms with Gasteiger partial charge in [0.2, 0.25) is 5.91 Å². The molecule has 3 amide bonds. The molecule has 1 N–H and O–H groups in total. The fourth-order valence-corrected chi connectivity index (χ4v) is 4.50. The van der Waals surface area contributed by atoms with E-state index in [-0.39, 0.29) is 36.8 Å². The topological polar surface area (TPSA) is 80.3 Å². The number of rotatable bonds is 5. The van der Waals surface area contributed by atoms with Gasteiger partial charge in [0.25, 0.3) is 0 Å². The van der Waals surface area contributed by atoms with Crippen LogP contribution in [-0.4, -0.2) is 72.8 Å². The number of nitrogens with one attached hydrogen (secondary N) is 1. The fourth-order valence-electron chi connectivity index (χ4n) is 4.34. The Morgan fingerprint density at radius 1 is 1.12 bits per heavy atom. The third-order valence-corrected chi connectivity index (χ3v) is 6.42. The van der Waals surface area contributed by atoms with E-state index in [2.05, 4.69) is 5.32 Å². The van der Waals surface area contributed by atoms with Gasteiger partial charge in [-0.3, -0.25) is 4.79 Å². The maximum Gasteiger partial charge on any atom is 0.320 e. The molecule has 2 aromatic carbocycles. The van der Waals surface area contributed by atoms with Crippen molar-refractivity contribution in [2.75, 3.05) is 32.8 Å². The summed E-state index contributed by atoms with van der Waals surface area (Å²) in [4.78, 5) is 28.0. The highest BCUT2D eigenvalue weighted by molar-refractivity contribution is 6.30. The number of fused-ring (bicyclic) bond motifs is 1. The summed E-state index contributed by atoms with van der Waals surface area (Å²) in [5.74, 6) is 1.26. The average Bonchev–Trinajstić information content (AvgIpc) is 2.79. The number of nitrogens with zero attached hydrogens (tertiary/aromatic N) is 2. The molecule has 3 saturated heterocycles. The van der Waals surface area contributed by atoms with Gasteiger partial charge >= 0.3 is 6.03 Å². The number of para-hydroxylation sites is 1. The van der Waals surface area contributed by atoms with Crippen LogP contribution in [-0.2, 0) is 20.9 Å². The van der Waals surface area contributed by atoms with E-state index in [9.17, 15) is 9.59 Å². The normalized spacial score (nSPS) is 22.9. The van der Waals surface area contributed by atoms with Gasteiger partial charge in [0, 0.05) is 23.7 Å². The maximum absolute atomic E-state index is 12.9. The van der Waals surface area contributed by atoms with E-state index in [1.54, 1.807) is 15.9 Å². The molecular weight excluding hydrogens is 446 g/mol. The highest BCUT2D eigenvalue weighted by Crippen LogP contribution is 2.30. The average molecular weight is 472 g/mol. The summed E-state index contributed by atoms with van der Waals surface area (Å²) in [5.41, 5.74) is 0.892. The van der Waals surface area contributed by atoms with Gasteiger partial charge in [-0.15, -0.1) is 0 Å². The number of urea groups is 1. The van der Waals surface area contributed by atoms with E-state index in [0.717, 1.165) is 17.7 Å². The molecule has 3 fully saturated rings. The molecule has 0 radical (unpaired) electrons. The molecule has 0 bridgehead atoms. The van der Waals surface area contributed by atoms with Crippen LogP contribution in [0.5, 0.6) is 11.5 Å². The molecule has 0 spiro atoms. The quantitative estimate of drug-likeness (QED) is 0.725. The van der Waals surface area contributed by atoms with Crippen molar-refractivity contribution in [1.82, 2.24) is 15.1 Å². The summed E-state index contributed by atoms with van der Waals surface area (Å²) < 4.78 is 17.6. The van der Waals surface area contributed by atoms with Crippen molar-refractivity contribution >= 4 is 23.5 Å². The van der Waals surface area contributed by atoms with E-state index < -0.39 is 0 Å². The second-order valence-corrected chi connectivity index (χ2v) is 8.98. The Labute approximate surface area is 197 Å². The first-order chi connectivity index (χ1) is 16.0. The number of carbonyl (C=O) groups excluding carboxylic acids is 2. The molecule has 0 saturated carbocycles. The van der Waals surface area contributed by atoms with Gasteiger partial charge in [-0.1, -0.05) is 35.9 Å². The van der Waals surface area contributed by atoms with Gasteiger partial charge in [-0.2, -0.15) is 0 Å². The van der Waals surface area contributed by atoms with Crippen molar-refractivity contribution in [1.29, 1.82) is 0 Å². The zero-order valence-corrected chi connectivity index (χ0v) is 18.9. The summed E-state index contributed by atoms with van der Waals surface area (Å²) >= 11 is 6.16. The molecule has 3 aliphatic heterocycles. The third-order valence-electron chi connectivity index (χ3n) is 6.19. The number of piperidine rings is 1. The molecule has 33 heavy (non-hydrogen) atoms. The molecular formula is C24H26ClN3O5. The Bertz CT molecular complexity index is 1010. The lowest BCUT2D eigenvalue weighted by molar-refractivity contribution is -0.140. The summed E-state index contributed by atoms with van der Waals surface area (Å²) in [6, 6.07) is 14.8. The smallest absolute Gasteiger partial charge is 0.320 e. The lowest BCUT2D eigenvalue weighted by atomic mass is 10.0. The van der Waals surface area contributed by atoms with Crippen LogP contribution in [0, 0.1) is 0 Å². The minimum absolute atomic E-state index is 0.00843. The van der Waals surface area contributed by atoms with Crippen LogP contribution >= 0.6 is 11.6 Å². The number of carbonyl (C=O) groups is 2. The number of likely N-dealkylation sites (tertiary alicyclic amines) is 2. The lowest BCUT2D eigenvalue weighted by Gasteiger charge is -2.46. The Kier molecular flexibility index (Phi) is 6.39. The molecule has 2 atom stereocenters. The molecule has 3 heterocycles. The van der Waals surface area contributed by atoms with Crippen LogP contribution < -0.4 is 10.1 Å². The maximum atomic E-state index is 12.9. The minimum Gasteiger partial charge on any atom is -0.457 e. The van der Waals surface area contributed by atoms with E-state index in [0.29, 0.717) is 43.6 Å². The number of morpholine rings is 1. The van der Waals surface area contributed by atoms with Crippen LogP contribution in [0.15, 0.2) is 48.5 Å². The van der Waals surface area contributed by atoms with E-state index in [4.69, 9.17) is 25.8 Å². The minimum atomic E-state index is -0.134.